The Bertz CT molecular complexity index is 347. The van der Waals surface area contributed by atoms with Gasteiger partial charge in [0.05, 0.1) is 5.56 Å². The average Bonchev–Trinajstić information content (AvgIpc) is 2.18. The van der Waals surface area contributed by atoms with E-state index in [0.29, 0.717) is 0 Å². The van der Waals surface area contributed by atoms with Gasteiger partial charge in [-0.3, -0.25) is 0 Å². The van der Waals surface area contributed by atoms with Crippen molar-refractivity contribution >= 4 is 11.7 Å². The Morgan fingerprint density at radius 3 is 2.93 bits per heavy atom. The van der Waals surface area contributed by atoms with E-state index in [1.807, 2.05) is 13.0 Å². The Morgan fingerprint density at radius 1 is 1.64 bits per heavy atom. The summed E-state index contributed by atoms with van der Waals surface area (Å²) in [5.74, 6) is -0.917. The number of benzene rings is 1. The smallest absolute Gasteiger partial charge is 0.335 e. The molecule has 0 heterocycles. The van der Waals surface area contributed by atoms with Crippen LogP contribution in [0.2, 0.25) is 0 Å². The molecule has 0 fully saturated rings. The van der Waals surface area contributed by atoms with Crippen LogP contribution < -0.4 is 5.32 Å². The monoisotopic (exact) mass is 191 g/mol. The fraction of sp³-hybridized carbons (Fsp3) is 0.182. The number of carboxylic acids is 1. The van der Waals surface area contributed by atoms with Crippen LogP contribution in [-0.4, -0.2) is 17.1 Å². The fourth-order valence-electron chi connectivity index (χ4n) is 1.06. The Hall–Kier alpha value is -1.77. The van der Waals surface area contributed by atoms with Gasteiger partial charge >= 0.3 is 5.97 Å². The summed E-state index contributed by atoms with van der Waals surface area (Å²) in [6.07, 6.45) is 1.76. The van der Waals surface area contributed by atoms with Crippen molar-refractivity contribution in [3.8, 4) is 0 Å². The highest BCUT2D eigenvalue weighted by atomic mass is 16.4. The molecule has 0 aliphatic rings. The molecule has 3 nitrogen and oxygen atoms in total. The molecule has 0 saturated carbocycles. The molecule has 2 N–H and O–H groups in total. The highest BCUT2D eigenvalue weighted by Crippen LogP contribution is 2.11. The van der Waals surface area contributed by atoms with Crippen molar-refractivity contribution in [3.63, 3.8) is 0 Å². The summed E-state index contributed by atoms with van der Waals surface area (Å²) >= 11 is 0. The number of aromatic carboxylic acids is 1. The zero-order valence-electron chi connectivity index (χ0n) is 8.03. The second-order valence-corrected chi connectivity index (χ2v) is 3.05. The third-order valence-electron chi connectivity index (χ3n) is 1.86. The van der Waals surface area contributed by atoms with Crippen molar-refractivity contribution < 1.29 is 9.90 Å². The largest absolute Gasteiger partial charge is 0.478 e. The molecule has 0 aliphatic heterocycles. The molecule has 0 aromatic heterocycles. The van der Waals surface area contributed by atoms with Gasteiger partial charge in [-0.25, -0.2) is 4.79 Å². The van der Waals surface area contributed by atoms with Crippen LogP contribution in [0.4, 0.5) is 5.69 Å². The Balaban J connectivity index is 2.83. The molecular formula is C11H13NO2. The van der Waals surface area contributed by atoms with E-state index < -0.39 is 5.97 Å². The number of anilines is 1. The normalized spacial score (nSPS) is 11.8. The average molecular weight is 191 g/mol. The topological polar surface area (TPSA) is 49.3 Å². The van der Waals surface area contributed by atoms with Crippen molar-refractivity contribution in [2.75, 3.05) is 5.32 Å². The van der Waals surface area contributed by atoms with E-state index in [-0.39, 0.29) is 11.6 Å². The maximum atomic E-state index is 10.7. The first-order chi connectivity index (χ1) is 6.63. The third-order valence-corrected chi connectivity index (χ3v) is 1.86. The Labute approximate surface area is 83.1 Å². The van der Waals surface area contributed by atoms with Gasteiger partial charge in [-0.15, -0.1) is 6.58 Å². The number of rotatable bonds is 4. The molecule has 14 heavy (non-hydrogen) atoms. The van der Waals surface area contributed by atoms with Crippen LogP contribution in [-0.2, 0) is 0 Å². The van der Waals surface area contributed by atoms with Crippen molar-refractivity contribution in [2.24, 2.45) is 0 Å². The Kier molecular flexibility index (Phi) is 3.29. The van der Waals surface area contributed by atoms with Crippen molar-refractivity contribution in [1.82, 2.24) is 0 Å². The van der Waals surface area contributed by atoms with E-state index in [4.69, 9.17) is 5.11 Å². The minimum absolute atomic E-state index is 0.124. The summed E-state index contributed by atoms with van der Waals surface area (Å²) in [6.45, 7) is 5.58. The molecular weight excluding hydrogens is 178 g/mol. The van der Waals surface area contributed by atoms with Crippen LogP contribution in [0.15, 0.2) is 36.9 Å². The molecule has 1 atom stereocenters. The lowest BCUT2D eigenvalue weighted by molar-refractivity contribution is 0.0697. The van der Waals surface area contributed by atoms with Crippen LogP contribution in [0, 0.1) is 0 Å². The first kappa shape index (κ1) is 10.3. The summed E-state index contributed by atoms with van der Waals surface area (Å²) < 4.78 is 0. The molecule has 3 heteroatoms. The second kappa shape index (κ2) is 4.46. The van der Waals surface area contributed by atoms with Gasteiger partial charge in [-0.1, -0.05) is 12.1 Å². The highest BCUT2D eigenvalue weighted by Gasteiger charge is 2.03. The lowest BCUT2D eigenvalue weighted by atomic mass is 10.2. The number of carbonyl (C=O) groups is 1. The molecule has 1 rings (SSSR count). The molecule has 1 aromatic rings. The van der Waals surface area contributed by atoms with Gasteiger partial charge in [0, 0.05) is 11.7 Å². The van der Waals surface area contributed by atoms with Gasteiger partial charge in [0.2, 0.25) is 0 Å². The predicted molar refractivity (Wildman–Crippen MR) is 56.7 cm³/mol. The maximum absolute atomic E-state index is 10.7. The van der Waals surface area contributed by atoms with Crippen LogP contribution in [0.1, 0.15) is 17.3 Å². The standard InChI is InChI=1S/C11H13NO2/c1-3-8(2)12-10-6-4-5-9(7-10)11(13)14/h3-8,12H,1H2,2H3,(H,13,14). The minimum Gasteiger partial charge on any atom is -0.478 e. The summed E-state index contributed by atoms with van der Waals surface area (Å²) in [5.41, 5.74) is 1.07. The predicted octanol–water partition coefficient (Wildman–Crippen LogP) is 2.37. The van der Waals surface area contributed by atoms with Gasteiger partial charge in [-0.05, 0) is 25.1 Å². The van der Waals surface area contributed by atoms with Gasteiger partial charge in [0.25, 0.3) is 0 Å². The van der Waals surface area contributed by atoms with Gasteiger partial charge < -0.3 is 10.4 Å². The highest BCUT2D eigenvalue weighted by molar-refractivity contribution is 5.88. The minimum atomic E-state index is -0.917. The van der Waals surface area contributed by atoms with Crippen molar-refractivity contribution in [3.05, 3.63) is 42.5 Å². The van der Waals surface area contributed by atoms with E-state index in [1.165, 1.54) is 0 Å². The molecule has 0 spiro atoms. The van der Waals surface area contributed by atoms with E-state index >= 15 is 0 Å². The lowest BCUT2D eigenvalue weighted by Crippen LogP contribution is -2.11. The maximum Gasteiger partial charge on any atom is 0.335 e. The molecule has 0 bridgehead atoms. The molecule has 74 valence electrons. The van der Waals surface area contributed by atoms with Crippen molar-refractivity contribution in [2.45, 2.75) is 13.0 Å². The quantitative estimate of drug-likeness (QED) is 0.718. The fourth-order valence-corrected chi connectivity index (χ4v) is 1.06. The summed E-state index contributed by atoms with van der Waals surface area (Å²) in [4.78, 5) is 10.7. The van der Waals surface area contributed by atoms with Crippen LogP contribution in [0.25, 0.3) is 0 Å². The zero-order valence-corrected chi connectivity index (χ0v) is 8.03. The lowest BCUT2D eigenvalue weighted by Gasteiger charge is -2.10. The summed E-state index contributed by atoms with van der Waals surface area (Å²) in [7, 11) is 0. The summed E-state index contributed by atoms with van der Waals surface area (Å²) in [5, 5.41) is 11.9. The first-order valence-corrected chi connectivity index (χ1v) is 4.36. The SMILES string of the molecule is C=CC(C)Nc1cccc(C(=O)O)c1. The second-order valence-electron chi connectivity index (χ2n) is 3.05. The van der Waals surface area contributed by atoms with E-state index in [1.54, 1.807) is 24.3 Å². The molecule has 1 aromatic carbocycles. The van der Waals surface area contributed by atoms with Crippen LogP contribution in [0.3, 0.4) is 0 Å². The number of hydrogen-bond donors (Lipinski definition) is 2. The third kappa shape index (κ3) is 2.62. The summed E-state index contributed by atoms with van der Waals surface area (Å²) in [6, 6.07) is 6.82. The number of hydrogen-bond acceptors (Lipinski definition) is 2. The van der Waals surface area contributed by atoms with E-state index in [2.05, 4.69) is 11.9 Å². The molecule has 0 amide bonds. The zero-order chi connectivity index (χ0) is 10.6. The van der Waals surface area contributed by atoms with Gasteiger partial charge in [0.1, 0.15) is 0 Å². The first-order valence-electron chi connectivity index (χ1n) is 4.36. The Morgan fingerprint density at radius 2 is 2.36 bits per heavy atom. The molecule has 0 radical (unpaired) electrons. The van der Waals surface area contributed by atoms with Gasteiger partial charge in [-0.2, -0.15) is 0 Å². The van der Waals surface area contributed by atoms with Crippen LogP contribution >= 0.6 is 0 Å². The molecule has 0 saturated heterocycles. The molecule has 1 unspecified atom stereocenters. The number of nitrogens with one attached hydrogen (secondary N) is 1. The van der Waals surface area contributed by atoms with E-state index in [0.717, 1.165) is 5.69 Å². The van der Waals surface area contributed by atoms with Crippen molar-refractivity contribution in [1.29, 1.82) is 0 Å². The van der Waals surface area contributed by atoms with E-state index in [9.17, 15) is 4.79 Å². The van der Waals surface area contributed by atoms with Gasteiger partial charge in [0.15, 0.2) is 0 Å². The number of carboxylic acid groups (broad SMARTS) is 1. The molecule has 0 aliphatic carbocycles. The van der Waals surface area contributed by atoms with Crippen LogP contribution in [0.5, 0.6) is 0 Å².